The van der Waals surface area contributed by atoms with Crippen LogP contribution in [0.4, 0.5) is 24.9 Å². The molecule has 0 aliphatic carbocycles. The predicted molar refractivity (Wildman–Crippen MR) is 66.0 cm³/mol. The summed E-state index contributed by atoms with van der Waals surface area (Å²) >= 11 is 0. The van der Waals surface area contributed by atoms with Crippen LogP contribution in [0.5, 0.6) is 0 Å². The smallest absolute Gasteiger partial charge is 0.383 e. The zero-order valence-corrected chi connectivity index (χ0v) is 9.99. The van der Waals surface area contributed by atoms with Gasteiger partial charge in [-0.1, -0.05) is 12.1 Å². The van der Waals surface area contributed by atoms with Gasteiger partial charge >= 0.3 is 6.18 Å². The predicted octanol–water partition coefficient (Wildman–Crippen LogP) is 2.64. The largest absolute Gasteiger partial charge is 0.416 e. The van der Waals surface area contributed by atoms with Crippen LogP contribution in [-0.4, -0.2) is 9.97 Å². The number of aromatic nitrogens is 2. The number of alkyl halides is 3. The van der Waals surface area contributed by atoms with Gasteiger partial charge in [0.1, 0.15) is 5.82 Å². The Morgan fingerprint density at radius 2 is 1.79 bits per heavy atom. The number of anilines is 2. The Bertz CT molecular complexity index is 623. The molecule has 0 bridgehead atoms. The van der Waals surface area contributed by atoms with Crippen molar-refractivity contribution < 1.29 is 13.2 Å². The highest BCUT2D eigenvalue weighted by atomic mass is 19.4. The highest BCUT2D eigenvalue weighted by Crippen LogP contribution is 2.33. The van der Waals surface area contributed by atoms with Crippen molar-refractivity contribution in [1.29, 1.82) is 0 Å². The van der Waals surface area contributed by atoms with E-state index in [0.717, 1.165) is 12.1 Å². The molecule has 100 valence electrons. The van der Waals surface area contributed by atoms with Gasteiger partial charge in [-0.2, -0.15) is 18.2 Å². The zero-order chi connectivity index (χ0) is 14.2. The fourth-order valence-corrected chi connectivity index (χ4v) is 1.68. The molecule has 1 aromatic carbocycles. The first-order chi connectivity index (χ1) is 8.79. The molecule has 0 spiro atoms. The second-order valence-corrected chi connectivity index (χ2v) is 4.02. The summed E-state index contributed by atoms with van der Waals surface area (Å²) in [5.41, 5.74) is 11.4. The highest BCUT2D eigenvalue weighted by Gasteiger charge is 2.30. The lowest BCUT2D eigenvalue weighted by atomic mass is 10.0. The molecule has 0 saturated carbocycles. The summed E-state index contributed by atoms with van der Waals surface area (Å²) in [5, 5.41) is 0. The van der Waals surface area contributed by atoms with Crippen LogP contribution < -0.4 is 11.5 Å². The molecule has 0 aliphatic rings. The maximum absolute atomic E-state index is 12.7. The molecule has 1 aromatic heterocycles. The van der Waals surface area contributed by atoms with Crippen LogP contribution in [0.25, 0.3) is 11.3 Å². The number of benzene rings is 1. The van der Waals surface area contributed by atoms with Crippen molar-refractivity contribution in [2.75, 3.05) is 11.5 Å². The van der Waals surface area contributed by atoms with E-state index in [1.54, 1.807) is 6.92 Å². The summed E-state index contributed by atoms with van der Waals surface area (Å²) in [5.74, 6) is 0.0791. The SMILES string of the molecule is Cc1c(N)nc(N)nc1-c1cccc(C(F)(F)F)c1. The second-order valence-electron chi connectivity index (χ2n) is 4.02. The van der Waals surface area contributed by atoms with E-state index in [0.29, 0.717) is 16.8 Å². The third kappa shape index (κ3) is 2.59. The Morgan fingerprint density at radius 1 is 1.11 bits per heavy atom. The van der Waals surface area contributed by atoms with Crippen LogP contribution in [-0.2, 0) is 6.18 Å². The van der Waals surface area contributed by atoms with E-state index in [4.69, 9.17) is 11.5 Å². The molecule has 0 amide bonds. The molecule has 0 aliphatic heterocycles. The molecule has 7 heteroatoms. The average Bonchev–Trinajstić information content (AvgIpc) is 2.33. The van der Waals surface area contributed by atoms with Gasteiger partial charge < -0.3 is 11.5 Å². The van der Waals surface area contributed by atoms with Crippen molar-refractivity contribution in [3.05, 3.63) is 35.4 Å². The first-order valence-electron chi connectivity index (χ1n) is 5.36. The van der Waals surface area contributed by atoms with Crippen LogP contribution >= 0.6 is 0 Å². The summed E-state index contributed by atoms with van der Waals surface area (Å²) in [6.07, 6.45) is -4.41. The molecule has 4 nitrogen and oxygen atoms in total. The minimum absolute atomic E-state index is 0.0736. The van der Waals surface area contributed by atoms with Gasteiger partial charge in [0.05, 0.1) is 11.3 Å². The first-order valence-corrected chi connectivity index (χ1v) is 5.36. The van der Waals surface area contributed by atoms with Gasteiger partial charge in [0.15, 0.2) is 0 Å². The van der Waals surface area contributed by atoms with Gasteiger partial charge in [0, 0.05) is 11.1 Å². The lowest BCUT2D eigenvalue weighted by Gasteiger charge is -2.11. The van der Waals surface area contributed by atoms with Gasteiger partial charge in [0.2, 0.25) is 5.95 Å². The number of nitrogens with zero attached hydrogens (tertiary/aromatic N) is 2. The quantitative estimate of drug-likeness (QED) is 0.833. The molecule has 0 atom stereocenters. The van der Waals surface area contributed by atoms with Gasteiger partial charge in [-0.3, -0.25) is 0 Å². The third-order valence-corrected chi connectivity index (χ3v) is 2.66. The minimum Gasteiger partial charge on any atom is -0.383 e. The molecule has 0 radical (unpaired) electrons. The summed E-state index contributed by atoms with van der Waals surface area (Å²) < 4.78 is 38.0. The topological polar surface area (TPSA) is 77.8 Å². The third-order valence-electron chi connectivity index (χ3n) is 2.66. The number of halogens is 3. The van der Waals surface area contributed by atoms with Crippen molar-refractivity contribution >= 4 is 11.8 Å². The van der Waals surface area contributed by atoms with Crippen molar-refractivity contribution in [3.63, 3.8) is 0 Å². The zero-order valence-electron chi connectivity index (χ0n) is 9.99. The van der Waals surface area contributed by atoms with E-state index < -0.39 is 11.7 Å². The Balaban J connectivity index is 2.60. The molecule has 4 N–H and O–H groups in total. The molecule has 0 saturated heterocycles. The summed E-state index contributed by atoms with van der Waals surface area (Å²) in [6, 6.07) is 4.83. The van der Waals surface area contributed by atoms with Crippen LogP contribution in [0.15, 0.2) is 24.3 Å². The number of hydrogen-bond donors (Lipinski definition) is 2. The van der Waals surface area contributed by atoms with E-state index in [1.165, 1.54) is 12.1 Å². The molecular weight excluding hydrogens is 257 g/mol. The lowest BCUT2D eigenvalue weighted by Crippen LogP contribution is -2.06. The average molecular weight is 268 g/mol. The summed E-state index contributed by atoms with van der Waals surface area (Å²) in [6.45, 7) is 1.63. The highest BCUT2D eigenvalue weighted by molar-refractivity contribution is 5.69. The normalized spacial score (nSPS) is 11.6. The molecule has 0 fully saturated rings. The van der Waals surface area contributed by atoms with Crippen LogP contribution in [0.2, 0.25) is 0 Å². The molecule has 0 unspecified atom stereocenters. The van der Waals surface area contributed by atoms with Gasteiger partial charge in [-0.05, 0) is 19.1 Å². The van der Waals surface area contributed by atoms with Crippen LogP contribution in [0.1, 0.15) is 11.1 Å². The number of nitrogen functional groups attached to an aromatic ring is 2. The van der Waals surface area contributed by atoms with Crippen molar-refractivity contribution in [1.82, 2.24) is 9.97 Å². The molecule has 1 heterocycles. The molecule has 2 rings (SSSR count). The van der Waals surface area contributed by atoms with Crippen molar-refractivity contribution in [3.8, 4) is 11.3 Å². The number of nitrogens with two attached hydrogens (primary N) is 2. The number of hydrogen-bond acceptors (Lipinski definition) is 4. The fraction of sp³-hybridized carbons (Fsp3) is 0.167. The Morgan fingerprint density at radius 3 is 2.42 bits per heavy atom. The van der Waals surface area contributed by atoms with E-state index in [-0.39, 0.29) is 11.8 Å². The van der Waals surface area contributed by atoms with Gasteiger partial charge in [0.25, 0.3) is 0 Å². The molecule has 2 aromatic rings. The second kappa shape index (κ2) is 4.42. The summed E-state index contributed by atoms with van der Waals surface area (Å²) in [4.78, 5) is 7.70. The maximum Gasteiger partial charge on any atom is 0.416 e. The molecular formula is C12H11F3N4. The van der Waals surface area contributed by atoms with Gasteiger partial charge in [-0.15, -0.1) is 0 Å². The molecule has 19 heavy (non-hydrogen) atoms. The Kier molecular flexibility index (Phi) is 3.05. The van der Waals surface area contributed by atoms with Crippen molar-refractivity contribution in [2.45, 2.75) is 13.1 Å². The standard InChI is InChI=1S/C12H11F3N4/c1-6-9(18-11(17)19-10(6)16)7-3-2-4-8(5-7)12(13,14)15/h2-5H,1H3,(H4,16,17,18,19). The van der Waals surface area contributed by atoms with E-state index in [1.807, 2.05) is 0 Å². The van der Waals surface area contributed by atoms with Crippen LogP contribution in [0.3, 0.4) is 0 Å². The van der Waals surface area contributed by atoms with E-state index in [9.17, 15) is 13.2 Å². The maximum atomic E-state index is 12.7. The van der Waals surface area contributed by atoms with E-state index >= 15 is 0 Å². The van der Waals surface area contributed by atoms with E-state index in [2.05, 4.69) is 9.97 Å². The minimum atomic E-state index is -4.41. The van der Waals surface area contributed by atoms with Crippen molar-refractivity contribution in [2.24, 2.45) is 0 Å². The van der Waals surface area contributed by atoms with Gasteiger partial charge in [-0.25, -0.2) is 4.98 Å². The monoisotopic (exact) mass is 268 g/mol. The summed E-state index contributed by atoms with van der Waals surface area (Å²) in [7, 11) is 0. The first kappa shape index (κ1) is 13.1. The Hall–Kier alpha value is -2.31. The fourth-order valence-electron chi connectivity index (χ4n) is 1.68. The van der Waals surface area contributed by atoms with Crippen LogP contribution in [0, 0.1) is 6.92 Å². The lowest BCUT2D eigenvalue weighted by molar-refractivity contribution is -0.137. The Labute approximate surface area is 107 Å². The number of rotatable bonds is 1.